The number of hydrogen-bond acceptors (Lipinski definition) is 3. The zero-order valence-corrected chi connectivity index (χ0v) is 21.2. The van der Waals surface area contributed by atoms with Crippen LogP contribution in [0.1, 0.15) is 98.8 Å². The second-order valence-electron chi connectivity index (χ2n) is 12.6. The van der Waals surface area contributed by atoms with E-state index < -0.39 is 0 Å². The summed E-state index contributed by atoms with van der Waals surface area (Å²) in [6, 6.07) is 0. The predicted octanol–water partition coefficient (Wildman–Crippen LogP) is 6.95. The summed E-state index contributed by atoms with van der Waals surface area (Å²) in [4.78, 5) is 12.7. The summed E-state index contributed by atoms with van der Waals surface area (Å²) in [6.45, 7) is 11.7. The number of Topliss-reactive ketones (excluding diaryl/α,β-unsaturated/α-hetero) is 1. The Morgan fingerprint density at radius 1 is 1.19 bits per heavy atom. The maximum absolute atomic E-state index is 12.7. The Labute approximate surface area is 196 Å². The first kappa shape index (κ1) is 23.1. The molecule has 5 aliphatic carbocycles. The minimum Gasteiger partial charge on any atom is -0.353 e. The summed E-state index contributed by atoms with van der Waals surface area (Å²) in [6.07, 6.45) is 15.5. The molecule has 180 valence electrons. The van der Waals surface area contributed by atoms with E-state index in [1.165, 1.54) is 51.4 Å². The molecule has 4 saturated carbocycles. The van der Waals surface area contributed by atoms with E-state index >= 15 is 0 Å². The first-order valence-electron chi connectivity index (χ1n) is 13.7. The number of rotatable bonds is 7. The van der Waals surface area contributed by atoms with Crippen LogP contribution in [-0.4, -0.2) is 24.8 Å². The molecule has 3 nitrogen and oxygen atoms in total. The third kappa shape index (κ3) is 3.84. The normalized spacial score (nSPS) is 46.6. The van der Waals surface area contributed by atoms with Crippen molar-refractivity contribution in [3.05, 3.63) is 11.6 Å². The molecule has 0 aliphatic heterocycles. The second kappa shape index (κ2) is 8.52. The van der Waals surface area contributed by atoms with Gasteiger partial charge in [-0.25, -0.2) is 0 Å². The van der Waals surface area contributed by atoms with Crippen molar-refractivity contribution in [2.75, 3.05) is 6.61 Å². The molecule has 9 unspecified atom stereocenters. The monoisotopic (exact) mass is 442 g/mol. The van der Waals surface area contributed by atoms with Gasteiger partial charge in [-0.15, -0.1) is 0 Å². The molecule has 5 aliphatic rings. The van der Waals surface area contributed by atoms with Gasteiger partial charge in [-0.2, -0.15) is 0 Å². The van der Waals surface area contributed by atoms with Crippen molar-refractivity contribution in [1.29, 1.82) is 0 Å². The van der Waals surface area contributed by atoms with Gasteiger partial charge in [0.2, 0.25) is 0 Å². The molecular weight excluding hydrogens is 396 g/mol. The van der Waals surface area contributed by atoms with Gasteiger partial charge >= 0.3 is 0 Å². The number of hydrogen-bond donors (Lipinski definition) is 0. The summed E-state index contributed by atoms with van der Waals surface area (Å²) in [7, 11) is 0. The zero-order chi connectivity index (χ0) is 22.7. The fourth-order valence-electron chi connectivity index (χ4n) is 9.24. The van der Waals surface area contributed by atoms with E-state index in [-0.39, 0.29) is 11.7 Å². The fourth-order valence-corrected chi connectivity index (χ4v) is 9.24. The number of ketones is 1. The summed E-state index contributed by atoms with van der Waals surface area (Å²) in [5.74, 6) is 4.82. The zero-order valence-electron chi connectivity index (χ0n) is 21.2. The van der Waals surface area contributed by atoms with Gasteiger partial charge in [0.25, 0.3) is 0 Å². The van der Waals surface area contributed by atoms with Crippen molar-refractivity contribution in [1.82, 2.24) is 0 Å². The number of fused-ring (bicyclic) bond motifs is 5. The summed E-state index contributed by atoms with van der Waals surface area (Å²) >= 11 is 0. The third-order valence-electron chi connectivity index (χ3n) is 10.8. The molecule has 0 radical (unpaired) electrons. The lowest BCUT2D eigenvalue weighted by molar-refractivity contribution is -0.167. The third-order valence-corrected chi connectivity index (χ3v) is 10.8. The van der Waals surface area contributed by atoms with Crippen LogP contribution in [0.2, 0.25) is 0 Å². The quantitative estimate of drug-likeness (QED) is 0.316. The number of carbonyl (C=O) groups is 1. The van der Waals surface area contributed by atoms with Crippen LogP contribution in [0, 0.1) is 46.3 Å². The van der Waals surface area contributed by atoms with Crippen LogP contribution in [0.5, 0.6) is 0 Å². The molecule has 4 fully saturated rings. The Morgan fingerprint density at radius 3 is 2.66 bits per heavy atom. The Hall–Kier alpha value is -0.670. The molecule has 9 atom stereocenters. The highest BCUT2D eigenvalue weighted by Crippen LogP contribution is 2.68. The first-order valence-corrected chi connectivity index (χ1v) is 13.7. The van der Waals surface area contributed by atoms with Gasteiger partial charge in [-0.05, 0) is 113 Å². The predicted molar refractivity (Wildman–Crippen MR) is 128 cm³/mol. The lowest BCUT2D eigenvalue weighted by Crippen LogP contribution is -2.52. The topological polar surface area (TPSA) is 35.5 Å². The molecular formula is C29H46O3. The van der Waals surface area contributed by atoms with Crippen LogP contribution in [0.3, 0.4) is 0 Å². The van der Waals surface area contributed by atoms with Crippen LogP contribution in [0.25, 0.3) is 0 Å². The summed E-state index contributed by atoms with van der Waals surface area (Å²) < 4.78 is 11.9. The highest BCUT2D eigenvalue weighted by molar-refractivity contribution is 5.79. The molecule has 0 spiro atoms. The smallest absolute Gasteiger partial charge is 0.155 e. The molecule has 0 bridgehead atoms. The highest BCUT2D eigenvalue weighted by atomic mass is 16.7. The van der Waals surface area contributed by atoms with E-state index in [9.17, 15) is 4.79 Å². The maximum Gasteiger partial charge on any atom is 0.155 e. The van der Waals surface area contributed by atoms with Gasteiger partial charge in [0.1, 0.15) is 5.78 Å². The fraction of sp³-hybridized carbons (Fsp3) is 0.897. The second-order valence-corrected chi connectivity index (χ2v) is 12.6. The Bertz CT molecular complexity index is 754. The average Bonchev–Trinajstić information content (AvgIpc) is 3.49. The van der Waals surface area contributed by atoms with E-state index in [0.717, 1.165) is 42.4 Å². The Morgan fingerprint density at radius 2 is 1.97 bits per heavy atom. The first-order chi connectivity index (χ1) is 15.3. The van der Waals surface area contributed by atoms with E-state index in [4.69, 9.17) is 9.47 Å². The molecule has 5 rings (SSSR count). The van der Waals surface area contributed by atoms with Crippen LogP contribution >= 0.6 is 0 Å². The average molecular weight is 443 g/mol. The summed E-state index contributed by atoms with van der Waals surface area (Å²) in [5.41, 5.74) is 2.24. The van der Waals surface area contributed by atoms with Crippen molar-refractivity contribution in [3.8, 4) is 0 Å². The van der Waals surface area contributed by atoms with Gasteiger partial charge in [0, 0.05) is 12.5 Å². The lowest BCUT2D eigenvalue weighted by Gasteiger charge is -2.59. The van der Waals surface area contributed by atoms with Crippen molar-refractivity contribution >= 4 is 5.78 Å². The van der Waals surface area contributed by atoms with Crippen LogP contribution < -0.4 is 0 Å². The molecule has 0 amide bonds. The van der Waals surface area contributed by atoms with Gasteiger partial charge in [-0.1, -0.05) is 38.3 Å². The van der Waals surface area contributed by atoms with Gasteiger partial charge < -0.3 is 9.47 Å². The maximum atomic E-state index is 12.7. The van der Waals surface area contributed by atoms with Crippen LogP contribution in [-0.2, 0) is 14.3 Å². The molecule has 0 saturated heterocycles. The van der Waals surface area contributed by atoms with Gasteiger partial charge in [-0.3, -0.25) is 4.79 Å². The Kier molecular flexibility index (Phi) is 6.15. The van der Waals surface area contributed by atoms with Crippen molar-refractivity contribution in [2.24, 2.45) is 46.3 Å². The molecule has 0 aromatic rings. The van der Waals surface area contributed by atoms with E-state index in [1.54, 1.807) is 5.57 Å². The summed E-state index contributed by atoms with van der Waals surface area (Å²) in [5, 5.41) is 0. The molecule has 0 aromatic carbocycles. The number of ether oxygens (including phenoxy) is 2. The van der Waals surface area contributed by atoms with Crippen LogP contribution in [0.4, 0.5) is 0 Å². The molecule has 0 N–H and O–H groups in total. The molecule has 0 heterocycles. The SMILES string of the molecule is CCOC(C)OC1CCC2(C)C(=CCC3C2CCC2(C)C(C(C)=O)CC(CC4CC4)C32)C1. The Balaban J connectivity index is 1.38. The lowest BCUT2D eigenvalue weighted by atomic mass is 9.46. The van der Waals surface area contributed by atoms with Gasteiger partial charge in [0.15, 0.2) is 6.29 Å². The van der Waals surface area contributed by atoms with E-state index in [0.29, 0.717) is 29.8 Å². The minimum atomic E-state index is -0.105. The van der Waals surface area contributed by atoms with Crippen molar-refractivity contribution < 1.29 is 14.3 Å². The molecule has 3 heteroatoms. The van der Waals surface area contributed by atoms with Crippen molar-refractivity contribution in [3.63, 3.8) is 0 Å². The molecule has 32 heavy (non-hydrogen) atoms. The van der Waals surface area contributed by atoms with E-state index in [1.807, 2.05) is 20.8 Å². The minimum absolute atomic E-state index is 0.105. The highest BCUT2D eigenvalue weighted by Gasteiger charge is 2.62. The number of carbonyl (C=O) groups excluding carboxylic acids is 1. The largest absolute Gasteiger partial charge is 0.353 e. The number of allylic oxidation sites excluding steroid dienone is 1. The van der Waals surface area contributed by atoms with Crippen LogP contribution in [0.15, 0.2) is 11.6 Å². The standard InChI is InChI=1S/C29H46O3/c1-6-31-19(3)32-23-11-13-28(4)22(17-23)9-10-24-25(28)12-14-29(5)26(18(2)30)16-21(27(24)29)15-20-7-8-20/h9,19-21,23-27H,6-8,10-17H2,1-5H3. The van der Waals surface area contributed by atoms with Crippen molar-refractivity contribution in [2.45, 2.75) is 111 Å². The molecule has 0 aromatic heterocycles. The van der Waals surface area contributed by atoms with Gasteiger partial charge in [0.05, 0.1) is 6.10 Å². The van der Waals surface area contributed by atoms with E-state index in [2.05, 4.69) is 19.9 Å².